The van der Waals surface area contributed by atoms with Crippen molar-refractivity contribution in [2.75, 3.05) is 7.11 Å². The number of ether oxygens (including phenoxy) is 1. The number of methoxy groups -OCH3 is 1. The molecule has 0 unspecified atom stereocenters. The first-order chi connectivity index (χ1) is 15.3. The van der Waals surface area contributed by atoms with Crippen LogP contribution in [-0.4, -0.2) is 33.2 Å². The largest absolute Gasteiger partial charge is 0.490 e. The minimum absolute atomic E-state index is 0.103. The molecular weight excluding hydrogens is 450 g/mol. The van der Waals surface area contributed by atoms with Crippen LogP contribution in [0.4, 0.5) is 5.69 Å². The summed E-state index contributed by atoms with van der Waals surface area (Å²) in [7, 11) is 1.36. The van der Waals surface area contributed by atoms with E-state index in [9.17, 15) is 19.7 Å². The number of nitrogens with one attached hydrogen (secondary N) is 1. The third kappa shape index (κ3) is 3.59. The minimum Gasteiger partial charge on any atom is -0.490 e. The molecule has 0 radical (unpaired) electrons. The number of hydrazine groups is 1. The molecule has 168 valence electrons. The lowest BCUT2D eigenvalue weighted by atomic mass is 9.49. The van der Waals surface area contributed by atoms with E-state index in [2.05, 4.69) is 5.43 Å². The number of benzene rings is 1. The Morgan fingerprint density at radius 2 is 1.91 bits per heavy atom. The molecule has 1 N–H and O–H groups in total. The first-order valence-electron chi connectivity index (χ1n) is 10.7. The van der Waals surface area contributed by atoms with Gasteiger partial charge < -0.3 is 4.74 Å². The number of hydrogen-bond donors (Lipinski definition) is 1. The van der Waals surface area contributed by atoms with E-state index in [1.165, 1.54) is 38.5 Å². The van der Waals surface area contributed by atoms with Crippen molar-refractivity contribution >= 4 is 51.9 Å². The number of hydrogen-bond acceptors (Lipinski definition) is 7. The second-order valence-corrected chi connectivity index (χ2v) is 11.0. The number of thiocarbonyl (C=S) groups is 1. The Kier molecular flexibility index (Phi) is 5.24. The molecule has 5 aliphatic rings. The van der Waals surface area contributed by atoms with Gasteiger partial charge in [-0.15, -0.1) is 0 Å². The second kappa shape index (κ2) is 7.84. The summed E-state index contributed by atoms with van der Waals surface area (Å²) in [5, 5.41) is 12.4. The lowest BCUT2D eigenvalue weighted by Gasteiger charge is -2.55. The maximum absolute atomic E-state index is 13.3. The Hall–Kier alpha value is -2.46. The molecule has 1 saturated heterocycles. The molecule has 2 amide bonds. The molecular formula is C22H23N3O5S2. The summed E-state index contributed by atoms with van der Waals surface area (Å²) in [4.78, 5) is 37.4. The minimum atomic E-state index is -0.535. The Balaban J connectivity index is 1.34. The molecule has 5 fully saturated rings. The van der Waals surface area contributed by atoms with Crippen LogP contribution in [-0.2, 0) is 9.59 Å². The molecule has 1 aliphatic heterocycles. The highest BCUT2D eigenvalue weighted by Gasteiger charge is 2.55. The lowest BCUT2D eigenvalue weighted by Crippen LogP contribution is -2.57. The van der Waals surface area contributed by atoms with Gasteiger partial charge in [0.1, 0.15) is 0 Å². The molecule has 1 heterocycles. The van der Waals surface area contributed by atoms with Crippen LogP contribution in [0.25, 0.3) is 6.08 Å². The van der Waals surface area contributed by atoms with Crippen LogP contribution in [0, 0.1) is 33.3 Å². The smallest absolute Gasteiger partial charge is 0.311 e. The summed E-state index contributed by atoms with van der Waals surface area (Å²) in [5.41, 5.74) is 2.71. The van der Waals surface area contributed by atoms with Gasteiger partial charge in [-0.1, -0.05) is 17.8 Å². The van der Waals surface area contributed by atoms with Crippen LogP contribution in [0.2, 0.25) is 0 Å². The van der Waals surface area contributed by atoms with Gasteiger partial charge >= 0.3 is 5.69 Å². The lowest BCUT2D eigenvalue weighted by molar-refractivity contribution is -0.385. The summed E-state index contributed by atoms with van der Waals surface area (Å²) < 4.78 is 5.27. The van der Waals surface area contributed by atoms with Gasteiger partial charge in [-0.25, -0.2) is 0 Å². The number of nitro benzene ring substituents is 1. The van der Waals surface area contributed by atoms with Gasteiger partial charge in [-0.05, 0) is 86.2 Å². The normalized spacial score (nSPS) is 32.0. The van der Waals surface area contributed by atoms with Gasteiger partial charge in [0.15, 0.2) is 10.1 Å². The molecule has 4 aliphatic carbocycles. The maximum atomic E-state index is 13.3. The van der Waals surface area contributed by atoms with Crippen molar-refractivity contribution in [3.05, 3.63) is 38.8 Å². The van der Waals surface area contributed by atoms with E-state index in [0.717, 1.165) is 36.0 Å². The summed E-state index contributed by atoms with van der Waals surface area (Å²) >= 11 is 6.44. The van der Waals surface area contributed by atoms with Crippen molar-refractivity contribution < 1.29 is 19.2 Å². The molecule has 8 nitrogen and oxygen atoms in total. The summed E-state index contributed by atoms with van der Waals surface area (Å²) in [6.45, 7) is 0. The fourth-order valence-electron chi connectivity index (χ4n) is 6.26. The Bertz CT molecular complexity index is 1030. The molecule has 0 spiro atoms. The third-order valence-electron chi connectivity index (χ3n) is 7.22. The van der Waals surface area contributed by atoms with E-state index < -0.39 is 16.2 Å². The van der Waals surface area contributed by atoms with E-state index in [0.29, 0.717) is 28.2 Å². The van der Waals surface area contributed by atoms with Gasteiger partial charge in [-0.3, -0.25) is 25.1 Å². The van der Waals surface area contributed by atoms with Crippen molar-refractivity contribution in [2.45, 2.75) is 38.5 Å². The standard InChI is InChI=1S/C22H23N3O5S2/c1-30-17-3-2-12(7-16(17)25(28)29)8-18-19(26)24(21(31)32-18)23-20(27)22-9-13-4-14(10-22)6-15(5-13)11-22/h2-3,7-8,13-15H,4-6,9-11H2,1H3,(H,23,27)/b18-8+. The molecule has 1 aromatic carbocycles. The highest BCUT2D eigenvalue weighted by Crippen LogP contribution is 2.60. The zero-order valence-electron chi connectivity index (χ0n) is 17.5. The van der Waals surface area contributed by atoms with Crippen molar-refractivity contribution in [1.82, 2.24) is 10.4 Å². The van der Waals surface area contributed by atoms with Crippen molar-refractivity contribution in [3.63, 3.8) is 0 Å². The number of carbonyl (C=O) groups is 2. The first kappa shape index (κ1) is 21.4. The molecule has 0 atom stereocenters. The van der Waals surface area contributed by atoms with E-state index in [1.54, 1.807) is 12.1 Å². The zero-order valence-corrected chi connectivity index (χ0v) is 19.2. The number of nitrogens with zero attached hydrogens (tertiary/aromatic N) is 2. The Morgan fingerprint density at radius 3 is 2.47 bits per heavy atom. The SMILES string of the molecule is COc1ccc(/C=C2/SC(=S)N(NC(=O)C34CC5CC(CC(C5)C3)C4)C2=O)cc1[N+](=O)[O-]. The molecule has 32 heavy (non-hydrogen) atoms. The molecule has 10 heteroatoms. The van der Waals surface area contributed by atoms with Gasteiger partial charge in [0, 0.05) is 6.07 Å². The number of rotatable bonds is 5. The third-order valence-corrected chi connectivity index (χ3v) is 8.53. The predicted octanol–water partition coefficient (Wildman–Crippen LogP) is 4.05. The molecule has 4 saturated carbocycles. The van der Waals surface area contributed by atoms with Crippen molar-refractivity contribution in [2.24, 2.45) is 23.2 Å². The fourth-order valence-corrected chi connectivity index (χ4v) is 7.44. The number of carbonyl (C=O) groups excluding carboxylic acids is 2. The van der Waals surface area contributed by atoms with E-state index in [1.807, 2.05) is 0 Å². The van der Waals surface area contributed by atoms with Crippen LogP contribution in [0.15, 0.2) is 23.1 Å². The number of nitro groups is 1. The fraction of sp³-hybridized carbons (Fsp3) is 0.500. The highest BCUT2D eigenvalue weighted by atomic mass is 32.2. The van der Waals surface area contributed by atoms with Crippen LogP contribution in [0.1, 0.15) is 44.1 Å². The first-order valence-corrected chi connectivity index (χ1v) is 11.9. The maximum Gasteiger partial charge on any atom is 0.311 e. The van der Waals surface area contributed by atoms with E-state index >= 15 is 0 Å². The summed E-state index contributed by atoms with van der Waals surface area (Å²) in [6, 6.07) is 4.46. The van der Waals surface area contributed by atoms with E-state index in [-0.39, 0.29) is 21.7 Å². The van der Waals surface area contributed by atoms with Gasteiger partial charge in [-0.2, -0.15) is 5.01 Å². The molecule has 4 bridgehead atoms. The number of amides is 2. The molecule has 1 aromatic rings. The topological polar surface area (TPSA) is 102 Å². The predicted molar refractivity (Wildman–Crippen MR) is 123 cm³/mol. The number of thioether (sulfide) groups is 1. The van der Waals surface area contributed by atoms with Gasteiger partial charge in [0.05, 0.1) is 22.4 Å². The average molecular weight is 474 g/mol. The van der Waals surface area contributed by atoms with Crippen LogP contribution >= 0.6 is 24.0 Å². The molecule has 0 aromatic heterocycles. The molecule has 6 rings (SSSR count). The summed E-state index contributed by atoms with van der Waals surface area (Å²) in [6.07, 6.45) is 7.91. The second-order valence-electron chi connectivity index (χ2n) is 9.34. The van der Waals surface area contributed by atoms with Crippen LogP contribution in [0.3, 0.4) is 0 Å². The highest BCUT2D eigenvalue weighted by molar-refractivity contribution is 8.26. The van der Waals surface area contributed by atoms with Gasteiger partial charge in [0.25, 0.3) is 5.91 Å². The quantitative estimate of drug-likeness (QED) is 0.298. The Labute approximate surface area is 194 Å². The monoisotopic (exact) mass is 473 g/mol. The van der Waals surface area contributed by atoms with E-state index in [4.69, 9.17) is 17.0 Å². The zero-order chi connectivity index (χ0) is 22.6. The van der Waals surface area contributed by atoms with Crippen molar-refractivity contribution in [1.29, 1.82) is 0 Å². The average Bonchev–Trinajstić information content (AvgIpc) is 3.00. The van der Waals surface area contributed by atoms with Crippen LogP contribution in [0.5, 0.6) is 5.75 Å². The Morgan fingerprint density at radius 1 is 1.28 bits per heavy atom. The van der Waals surface area contributed by atoms with Gasteiger partial charge in [0.2, 0.25) is 5.91 Å². The van der Waals surface area contributed by atoms with Crippen LogP contribution < -0.4 is 10.2 Å². The summed E-state index contributed by atoms with van der Waals surface area (Å²) in [5.74, 6) is 1.46. The van der Waals surface area contributed by atoms with Crippen molar-refractivity contribution in [3.8, 4) is 5.75 Å².